The third kappa shape index (κ3) is 2.24. The van der Waals surface area contributed by atoms with Crippen LogP contribution in [0.3, 0.4) is 0 Å². The second kappa shape index (κ2) is 5.15. The van der Waals surface area contributed by atoms with E-state index in [0.717, 1.165) is 24.2 Å². The third-order valence-corrected chi connectivity index (χ3v) is 5.21. The zero-order valence-corrected chi connectivity index (χ0v) is 13.2. The van der Waals surface area contributed by atoms with Gasteiger partial charge < -0.3 is 14.4 Å². The zero-order chi connectivity index (χ0) is 16.0. The van der Waals surface area contributed by atoms with Gasteiger partial charge in [-0.1, -0.05) is 12.1 Å². The maximum absolute atomic E-state index is 13.1. The van der Waals surface area contributed by atoms with Gasteiger partial charge in [-0.25, -0.2) is 4.79 Å². The molecule has 1 aliphatic carbocycles. The van der Waals surface area contributed by atoms with Crippen molar-refractivity contribution in [2.24, 2.45) is 0 Å². The van der Waals surface area contributed by atoms with E-state index in [-0.39, 0.29) is 23.5 Å². The Labute approximate surface area is 134 Å². The third-order valence-electron chi connectivity index (χ3n) is 5.21. The highest BCUT2D eigenvalue weighted by Gasteiger charge is 2.54. The molecule has 122 valence electrons. The maximum Gasteiger partial charge on any atom is 0.410 e. The first-order valence-electron chi connectivity index (χ1n) is 8.01. The van der Waals surface area contributed by atoms with Crippen LogP contribution in [0.1, 0.15) is 18.4 Å². The summed E-state index contributed by atoms with van der Waals surface area (Å²) >= 11 is 0. The van der Waals surface area contributed by atoms with Crippen molar-refractivity contribution < 1.29 is 19.1 Å². The average Bonchev–Trinajstić information content (AvgIpc) is 3.33. The van der Waals surface area contributed by atoms with Crippen LogP contribution in [0.2, 0.25) is 0 Å². The van der Waals surface area contributed by atoms with Gasteiger partial charge in [0.2, 0.25) is 5.91 Å². The Morgan fingerprint density at radius 2 is 2.00 bits per heavy atom. The minimum absolute atomic E-state index is 0.00636. The molecule has 3 fully saturated rings. The van der Waals surface area contributed by atoms with Crippen LogP contribution >= 0.6 is 0 Å². The molecule has 0 aromatic heterocycles. The summed E-state index contributed by atoms with van der Waals surface area (Å²) in [7, 11) is 1.64. The summed E-state index contributed by atoms with van der Waals surface area (Å²) in [4.78, 5) is 28.3. The first-order chi connectivity index (χ1) is 11.1. The highest BCUT2D eigenvalue weighted by atomic mass is 16.6. The number of hydrogen-bond donors (Lipinski definition) is 0. The van der Waals surface area contributed by atoms with E-state index in [1.807, 2.05) is 29.2 Å². The first-order valence-corrected chi connectivity index (χ1v) is 8.01. The molecule has 1 saturated carbocycles. The van der Waals surface area contributed by atoms with Crippen molar-refractivity contribution in [3.05, 3.63) is 29.8 Å². The molecule has 0 bridgehead atoms. The SMILES string of the molecule is COc1ccc(C2(C(=O)N3CCN4C(=O)OC[C@H]4C3)CC2)cc1. The maximum atomic E-state index is 13.1. The van der Waals surface area contributed by atoms with Crippen molar-refractivity contribution in [2.45, 2.75) is 24.3 Å². The van der Waals surface area contributed by atoms with E-state index in [2.05, 4.69) is 0 Å². The normalized spacial score (nSPS) is 24.9. The van der Waals surface area contributed by atoms with Crippen LogP contribution in [0, 0.1) is 0 Å². The number of hydrogen-bond acceptors (Lipinski definition) is 4. The quantitative estimate of drug-likeness (QED) is 0.845. The Morgan fingerprint density at radius 3 is 2.65 bits per heavy atom. The molecule has 3 aliphatic rings. The summed E-state index contributed by atoms with van der Waals surface area (Å²) in [6.07, 6.45) is 1.52. The van der Waals surface area contributed by atoms with Crippen LogP contribution in [0.5, 0.6) is 5.75 Å². The molecule has 2 amide bonds. The molecule has 6 nitrogen and oxygen atoms in total. The highest BCUT2D eigenvalue weighted by Crippen LogP contribution is 2.50. The predicted molar refractivity (Wildman–Crippen MR) is 82.3 cm³/mol. The molecule has 2 aliphatic heterocycles. The highest BCUT2D eigenvalue weighted by molar-refractivity contribution is 5.91. The largest absolute Gasteiger partial charge is 0.497 e. The molecule has 1 aromatic rings. The van der Waals surface area contributed by atoms with Gasteiger partial charge in [0.05, 0.1) is 18.6 Å². The lowest BCUT2D eigenvalue weighted by Gasteiger charge is -2.37. The molecule has 0 unspecified atom stereocenters. The van der Waals surface area contributed by atoms with Gasteiger partial charge in [0.15, 0.2) is 0 Å². The van der Waals surface area contributed by atoms with Crippen LogP contribution in [0.15, 0.2) is 24.3 Å². The molecule has 0 N–H and O–H groups in total. The van der Waals surface area contributed by atoms with Gasteiger partial charge in [0.25, 0.3) is 0 Å². The van der Waals surface area contributed by atoms with Crippen molar-refractivity contribution in [3.63, 3.8) is 0 Å². The number of fused-ring (bicyclic) bond motifs is 1. The lowest BCUT2D eigenvalue weighted by atomic mass is 9.93. The number of carbonyl (C=O) groups is 2. The predicted octanol–water partition coefficient (Wildman–Crippen LogP) is 1.39. The molecule has 1 aromatic carbocycles. The summed E-state index contributed by atoms with van der Waals surface area (Å²) in [5.41, 5.74) is 0.683. The molecule has 1 atom stereocenters. The van der Waals surface area contributed by atoms with Gasteiger partial charge >= 0.3 is 6.09 Å². The summed E-state index contributed by atoms with van der Waals surface area (Å²) in [6.45, 7) is 2.11. The van der Waals surface area contributed by atoms with Gasteiger partial charge in [-0.2, -0.15) is 0 Å². The fraction of sp³-hybridized carbons (Fsp3) is 0.529. The molecule has 0 spiro atoms. The van der Waals surface area contributed by atoms with Crippen molar-refractivity contribution in [1.29, 1.82) is 0 Å². The number of benzene rings is 1. The Hall–Kier alpha value is -2.24. The monoisotopic (exact) mass is 316 g/mol. The van der Waals surface area contributed by atoms with Gasteiger partial charge in [0, 0.05) is 19.6 Å². The number of nitrogens with zero attached hydrogens (tertiary/aromatic N) is 2. The summed E-state index contributed by atoms with van der Waals surface area (Å²) in [5, 5.41) is 0. The second-order valence-electron chi connectivity index (χ2n) is 6.49. The van der Waals surface area contributed by atoms with Crippen LogP contribution in [0.25, 0.3) is 0 Å². The van der Waals surface area contributed by atoms with E-state index in [1.165, 1.54) is 0 Å². The number of methoxy groups -OCH3 is 1. The minimum atomic E-state index is -0.377. The van der Waals surface area contributed by atoms with E-state index >= 15 is 0 Å². The number of rotatable bonds is 3. The molecule has 0 radical (unpaired) electrons. The van der Waals surface area contributed by atoms with Crippen molar-refractivity contribution in [2.75, 3.05) is 33.4 Å². The molecule has 6 heteroatoms. The van der Waals surface area contributed by atoms with Crippen LogP contribution in [-0.4, -0.2) is 61.2 Å². The molecular formula is C17H20N2O4. The average molecular weight is 316 g/mol. The van der Waals surface area contributed by atoms with Gasteiger partial charge in [-0.15, -0.1) is 0 Å². The van der Waals surface area contributed by atoms with E-state index in [4.69, 9.17) is 9.47 Å². The van der Waals surface area contributed by atoms with E-state index in [9.17, 15) is 9.59 Å². The van der Waals surface area contributed by atoms with Crippen molar-refractivity contribution in [1.82, 2.24) is 9.80 Å². The van der Waals surface area contributed by atoms with Crippen LogP contribution in [0.4, 0.5) is 4.79 Å². The second-order valence-corrected chi connectivity index (χ2v) is 6.49. The van der Waals surface area contributed by atoms with E-state index < -0.39 is 0 Å². The number of amides is 2. The standard InChI is InChI=1S/C17H20N2O4/c1-22-14-4-2-12(3-5-14)17(6-7-17)15(20)18-8-9-19-13(10-18)11-23-16(19)21/h2-5,13H,6-11H2,1H3/t13-/m1/s1. The number of ether oxygens (including phenoxy) is 2. The topological polar surface area (TPSA) is 59.1 Å². The van der Waals surface area contributed by atoms with Gasteiger partial charge in [0.1, 0.15) is 12.4 Å². The van der Waals surface area contributed by atoms with E-state index in [0.29, 0.717) is 26.2 Å². The summed E-state index contributed by atoms with van der Waals surface area (Å²) < 4.78 is 10.3. The Bertz CT molecular complexity index is 638. The van der Waals surface area contributed by atoms with E-state index in [1.54, 1.807) is 12.0 Å². The Kier molecular flexibility index (Phi) is 3.21. The summed E-state index contributed by atoms with van der Waals surface area (Å²) in [6, 6.07) is 7.80. The summed E-state index contributed by atoms with van der Waals surface area (Å²) in [5.74, 6) is 0.980. The number of cyclic esters (lactones) is 1. The van der Waals surface area contributed by atoms with Crippen molar-refractivity contribution in [3.8, 4) is 5.75 Å². The fourth-order valence-electron chi connectivity index (χ4n) is 3.64. The van der Waals surface area contributed by atoms with Gasteiger partial charge in [-0.05, 0) is 30.5 Å². The smallest absolute Gasteiger partial charge is 0.410 e. The lowest BCUT2D eigenvalue weighted by molar-refractivity contribution is -0.136. The molecular weight excluding hydrogens is 296 g/mol. The molecule has 4 rings (SSSR count). The molecule has 2 heterocycles. The van der Waals surface area contributed by atoms with Crippen LogP contribution < -0.4 is 4.74 Å². The van der Waals surface area contributed by atoms with Crippen molar-refractivity contribution >= 4 is 12.0 Å². The molecule has 2 saturated heterocycles. The molecule has 23 heavy (non-hydrogen) atoms. The zero-order valence-electron chi connectivity index (χ0n) is 13.2. The fourth-order valence-corrected chi connectivity index (χ4v) is 3.64. The minimum Gasteiger partial charge on any atom is -0.497 e. The van der Waals surface area contributed by atoms with Gasteiger partial charge in [-0.3, -0.25) is 9.69 Å². The Morgan fingerprint density at radius 1 is 1.26 bits per heavy atom. The van der Waals surface area contributed by atoms with Crippen LogP contribution in [-0.2, 0) is 14.9 Å². The lowest BCUT2D eigenvalue weighted by Crippen LogP contribution is -2.55. The first kappa shape index (κ1) is 14.4. The number of piperazine rings is 1. The Balaban J connectivity index is 1.51. The number of carbonyl (C=O) groups excluding carboxylic acids is 2.